The summed E-state index contributed by atoms with van der Waals surface area (Å²) in [6, 6.07) is 1.82. The van der Waals surface area contributed by atoms with Crippen molar-refractivity contribution in [2.45, 2.75) is 18.7 Å². The van der Waals surface area contributed by atoms with Gasteiger partial charge in [0, 0.05) is 10.6 Å². The van der Waals surface area contributed by atoms with Crippen LogP contribution in [0.15, 0.2) is 9.69 Å². The monoisotopic (exact) mass is 222 g/mol. The molecule has 0 saturated carbocycles. The molecule has 0 spiro atoms. The molecule has 78 valence electrons. The molecule has 1 rings (SSSR count). The van der Waals surface area contributed by atoms with Gasteiger partial charge in [-0.1, -0.05) is 0 Å². The lowest BCUT2D eigenvalue weighted by molar-refractivity contribution is 0.101. The van der Waals surface area contributed by atoms with Crippen LogP contribution in [0.1, 0.15) is 28.5 Å². The fourth-order valence-electron chi connectivity index (χ4n) is 1.42. The molecule has 1 heterocycles. The molecule has 5 heteroatoms. The number of nitrogens with one attached hydrogen (secondary N) is 1. The molecule has 0 fully saturated rings. The third-order valence-electron chi connectivity index (χ3n) is 2.03. The Balaban J connectivity index is 3.74. The van der Waals surface area contributed by atoms with Gasteiger partial charge in [0.2, 0.25) is 0 Å². The van der Waals surface area contributed by atoms with Gasteiger partial charge in [0.15, 0.2) is 5.78 Å². The van der Waals surface area contributed by atoms with Crippen molar-refractivity contribution in [3.63, 3.8) is 0 Å². The van der Waals surface area contributed by atoms with Crippen molar-refractivity contribution in [1.82, 2.24) is 4.98 Å². The van der Waals surface area contributed by atoms with Gasteiger partial charge in [-0.05, 0) is 20.1 Å². The molecule has 0 unspecified atom stereocenters. The SMILES string of the molecule is CSc1c(C(C)=O)c(C)[nH]c(=O)c1C#N. The fraction of sp³-hybridized carbons (Fsp3) is 0.300. The average molecular weight is 222 g/mol. The van der Waals surface area contributed by atoms with Gasteiger partial charge in [0.1, 0.15) is 11.6 Å². The predicted octanol–water partition coefficient (Wildman–Crippen LogP) is 1.48. The number of aromatic nitrogens is 1. The van der Waals surface area contributed by atoms with Crippen molar-refractivity contribution in [2.24, 2.45) is 0 Å². The Morgan fingerprint density at radius 3 is 2.53 bits per heavy atom. The molecular formula is C10H10N2O2S. The van der Waals surface area contributed by atoms with E-state index in [1.54, 1.807) is 13.2 Å². The highest BCUT2D eigenvalue weighted by Gasteiger charge is 2.17. The number of carbonyl (C=O) groups is 1. The predicted molar refractivity (Wildman–Crippen MR) is 58.3 cm³/mol. The second-order valence-electron chi connectivity index (χ2n) is 3.03. The van der Waals surface area contributed by atoms with E-state index in [1.165, 1.54) is 18.7 Å². The molecule has 0 bridgehead atoms. The summed E-state index contributed by atoms with van der Waals surface area (Å²) in [6.07, 6.45) is 1.74. The maximum atomic E-state index is 11.4. The normalized spacial score (nSPS) is 9.73. The second-order valence-corrected chi connectivity index (χ2v) is 3.85. The number of carbonyl (C=O) groups excluding carboxylic acids is 1. The quantitative estimate of drug-likeness (QED) is 0.607. The summed E-state index contributed by atoms with van der Waals surface area (Å²) in [6.45, 7) is 3.07. The molecule has 0 amide bonds. The molecule has 0 aromatic carbocycles. The molecule has 0 aliphatic carbocycles. The lowest BCUT2D eigenvalue weighted by Gasteiger charge is -2.08. The van der Waals surface area contributed by atoms with Crippen LogP contribution in [-0.2, 0) is 0 Å². The van der Waals surface area contributed by atoms with Crippen molar-refractivity contribution >= 4 is 17.5 Å². The van der Waals surface area contributed by atoms with Crippen molar-refractivity contribution in [2.75, 3.05) is 6.26 Å². The summed E-state index contributed by atoms with van der Waals surface area (Å²) >= 11 is 1.24. The van der Waals surface area contributed by atoms with Gasteiger partial charge in [-0.2, -0.15) is 5.26 Å². The zero-order chi connectivity index (χ0) is 11.6. The van der Waals surface area contributed by atoms with Crippen LogP contribution in [0.2, 0.25) is 0 Å². The first-order valence-electron chi connectivity index (χ1n) is 4.24. The van der Waals surface area contributed by atoms with Gasteiger partial charge < -0.3 is 4.98 Å². The highest BCUT2D eigenvalue weighted by atomic mass is 32.2. The van der Waals surface area contributed by atoms with E-state index in [9.17, 15) is 9.59 Å². The first kappa shape index (κ1) is 11.5. The number of hydrogen-bond acceptors (Lipinski definition) is 4. The van der Waals surface area contributed by atoms with Crippen molar-refractivity contribution < 1.29 is 4.79 Å². The maximum absolute atomic E-state index is 11.4. The average Bonchev–Trinajstić information content (AvgIpc) is 2.15. The van der Waals surface area contributed by atoms with Crippen molar-refractivity contribution in [3.8, 4) is 6.07 Å². The van der Waals surface area contributed by atoms with Crippen LogP contribution in [0.5, 0.6) is 0 Å². The molecule has 0 aliphatic rings. The van der Waals surface area contributed by atoms with Gasteiger partial charge in [-0.15, -0.1) is 11.8 Å². The van der Waals surface area contributed by atoms with Gasteiger partial charge in [0.25, 0.3) is 5.56 Å². The molecule has 1 N–H and O–H groups in total. The van der Waals surface area contributed by atoms with Crippen LogP contribution in [0, 0.1) is 18.3 Å². The van der Waals surface area contributed by atoms with E-state index in [-0.39, 0.29) is 11.3 Å². The second kappa shape index (κ2) is 4.32. The van der Waals surface area contributed by atoms with E-state index in [4.69, 9.17) is 5.26 Å². The molecule has 0 radical (unpaired) electrons. The Morgan fingerprint density at radius 2 is 2.13 bits per heavy atom. The molecule has 15 heavy (non-hydrogen) atoms. The third-order valence-corrected chi connectivity index (χ3v) is 2.84. The minimum absolute atomic E-state index is 0.0123. The van der Waals surface area contributed by atoms with E-state index in [1.807, 2.05) is 6.07 Å². The largest absolute Gasteiger partial charge is 0.325 e. The minimum Gasteiger partial charge on any atom is -0.325 e. The smallest absolute Gasteiger partial charge is 0.267 e. The highest BCUT2D eigenvalue weighted by molar-refractivity contribution is 7.98. The third kappa shape index (κ3) is 1.95. The van der Waals surface area contributed by atoms with Crippen LogP contribution in [0.3, 0.4) is 0 Å². The Hall–Kier alpha value is -1.54. The lowest BCUT2D eigenvalue weighted by Crippen LogP contribution is -2.17. The zero-order valence-electron chi connectivity index (χ0n) is 8.67. The summed E-state index contributed by atoms with van der Waals surface area (Å²) in [5.74, 6) is -0.149. The number of ketones is 1. The van der Waals surface area contributed by atoms with Crippen molar-refractivity contribution in [3.05, 3.63) is 27.2 Å². The zero-order valence-corrected chi connectivity index (χ0v) is 9.49. The molecule has 1 aromatic rings. The van der Waals surface area contributed by atoms with Crippen LogP contribution in [-0.4, -0.2) is 17.0 Å². The van der Waals surface area contributed by atoms with Gasteiger partial charge in [0.05, 0.1) is 5.56 Å². The number of thioether (sulfide) groups is 1. The number of hydrogen-bond donors (Lipinski definition) is 1. The van der Waals surface area contributed by atoms with Gasteiger partial charge >= 0.3 is 0 Å². The first-order chi connectivity index (χ1) is 7.02. The molecule has 0 aliphatic heterocycles. The van der Waals surface area contributed by atoms with Crippen LogP contribution in [0.4, 0.5) is 0 Å². The number of rotatable bonds is 2. The van der Waals surface area contributed by atoms with E-state index in [0.717, 1.165) is 0 Å². The fourth-order valence-corrected chi connectivity index (χ4v) is 2.27. The van der Waals surface area contributed by atoms with Gasteiger partial charge in [-0.25, -0.2) is 0 Å². The maximum Gasteiger partial charge on any atom is 0.267 e. The summed E-state index contributed by atoms with van der Waals surface area (Å²) in [7, 11) is 0. The number of pyridine rings is 1. The topological polar surface area (TPSA) is 73.7 Å². The Kier molecular flexibility index (Phi) is 3.32. The summed E-state index contributed by atoms with van der Waals surface area (Å²) in [5.41, 5.74) is 0.511. The lowest BCUT2D eigenvalue weighted by atomic mass is 10.1. The number of nitrogens with zero attached hydrogens (tertiary/aromatic N) is 1. The summed E-state index contributed by atoms with van der Waals surface area (Å²) < 4.78 is 0. The first-order valence-corrected chi connectivity index (χ1v) is 5.47. The van der Waals surface area contributed by atoms with E-state index in [2.05, 4.69) is 4.98 Å². The molecule has 0 saturated heterocycles. The summed E-state index contributed by atoms with van der Waals surface area (Å²) in [4.78, 5) is 25.8. The molecule has 4 nitrogen and oxygen atoms in total. The van der Waals surface area contributed by atoms with Crippen LogP contribution >= 0.6 is 11.8 Å². The molecular weight excluding hydrogens is 212 g/mol. The molecule has 1 aromatic heterocycles. The van der Waals surface area contributed by atoms with Crippen molar-refractivity contribution in [1.29, 1.82) is 5.26 Å². The van der Waals surface area contributed by atoms with E-state index < -0.39 is 5.56 Å². The van der Waals surface area contributed by atoms with Crippen LogP contribution in [0.25, 0.3) is 0 Å². The number of aromatic amines is 1. The summed E-state index contributed by atoms with van der Waals surface area (Å²) in [5, 5.41) is 8.83. The number of aryl methyl sites for hydroxylation is 1. The number of Topliss-reactive ketones (excluding diaryl/α,β-unsaturated/α-hetero) is 1. The van der Waals surface area contributed by atoms with E-state index >= 15 is 0 Å². The minimum atomic E-state index is -0.440. The Morgan fingerprint density at radius 1 is 1.53 bits per heavy atom. The van der Waals surface area contributed by atoms with Crippen LogP contribution < -0.4 is 5.56 Å². The highest BCUT2D eigenvalue weighted by Crippen LogP contribution is 2.24. The Bertz CT molecular complexity index is 511. The van der Waals surface area contributed by atoms with Gasteiger partial charge in [-0.3, -0.25) is 9.59 Å². The van der Waals surface area contributed by atoms with E-state index in [0.29, 0.717) is 16.2 Å². The standard InChI is InChI=1S/C10H10N2O2S/c1-5-8(6(2)13)9(15-3)7(4-11)10(14)12-5/h1-3H3,(H,12,14). The molecule has 0 atom stereocenters. The Labute approximate surface area is 91.3 Å². The number of H-pyrrole nitrogens is 1. The number of nitriles is 1.